The molecule has 0 aliphatic rings. The highest BCUT2D eigenvalue weighted by molar-refractivity contribution is 6.15. The van der Waals surface area contributed by atoms with Crippen molar-refractivity contribution in [3.8, 4) is 0 Å². The molecule has 0 fully saturated rings. The SMILES string of the molecule is Cc1cc(C(F)(F)F)nn1Cl. The fourth-order valence-electron chi connectivity index (χ4n) is 0.592. The number of aromatic nitrogens is 2. The molecule has 0 radical (unpaired) electrons. The van der Waals surface area contributed by atoms with Gasteiger partial charge >= 0.3 is 6.18 Å². The van der Waals surface area contributed by atoms with Crippen LogP contribution in [0.5, 0.6) is 0 Å². The first-order valence-corrected chi connectivity index (χ1v) is 3.05. The second-order valence-corrected chi connectivity index (χ2v) is 2.35. The highest BCUT2D eigenvalue weighted by Gasteiger charge is 2.34. The predicted molar refractivity (Wildman–Crippen MR) is 33.2 cm³/mol. The Hall–Kier alpha value is -0.710. The highest BCUT2D eigenvalue weighted by Crippen LogP contribution is 2.28. The summed E-state index contributed by atoms with van der Waals surface area (Å²) in [4.78, 5) is 0. The molecule has 0 aromatic carbocycles. The normalized spacial score (nSPS) is 12.1. The Kier molecular flexibility index (Phi) is 1.83. The Morgan fingerprint density at radius 2 is 2.09 bits per heavy atom. The van der Waals surface area contributed by atoms with Gasteiger partial charge in [-0.25, -0.2) is 0 Å². The first-order chi connectivity index (χ1) is 4.91. The molecule has 0 spiro atoms. The van der Waals surface area contributed by atoms with E-state index in [9.17, 15) is 13.2 Å². The Balaban J connectivity index is 3.08. The van der Waals surface area contributed by atoms with Crippen LogP contribution in [-0.2, 0) is 6.18 Å². The zero-order chi connectivity index (χ0) is 8.65. The molecule has 0 saturated carbocycles. The van der Waals surface area contributed by atoms with Crippen molar-refractivity contribution < 1.29 is 13.2 Å². The summed E-state index contributed by atoms with van der Waals surface area (Å²) < 4.78 is 36.2. The Morgan fingerprint density at radius 3 is 2.27 bits per heavy atom. The van der Waals surface area contributed by atoms with E-state index in [4.69, 9.17) is 11.8 Å². The van der Waals surface area contributed by atoms with Crippen molar-refractivity contribution in [1.82, 2.24) is 9.30 Å². The Labute approximate surface area is 65.7 Å². The van der Waals surface area contributed by atoms with Crippen LogP contribution in [-0.4, -0.2) is 9.30 Å². The van der Waals surface area contributed by atoms with Gasteiger partial charge in [0.25, 0.3) is 0 Å². The lowest BCUT2D eigenvalue weighted by atomic mass is 10.4. The molecule has 0 bridgehead atoms. The van der Waals surface area contributed by atoms with Gasteiger partial charge < -0.3 is 0 Å². The van der Waals surface area contributed by atoms with Crippen LogP contribution in [0.4, 0.5) is 13.2 Å². The molecule has 11 heavy (non-hydrogen) atoms. The molecule has 0 atom stereocenters. The molecule has 0 N–H and O–H groups in total. The maximum atomic E-state index is 11.8. The third kappa shape index (κ3) is 1.65. The van der Waals surface area contributed by atoms with Crippen molar-refractivity contribution in [2.75, 3.05) is 0 Å². The summed E-state index contributed by atoms with van der Waals surface area (Å²) in [5.74, 6) is 0. The first kappa shape index (κ1) is 8.39. The highest BCUT2D eigenvalue weighted by atomic mass is 35.5. The average Bonchev–Trinajstić information content (AvgIpc) is 2.11. The predicted octanol–water partition coefficient (Wildman–Crippen LogP) is 2.21. The molecule has 0 aliphatic heterocycles. The minimum absolute atomic E-state index is 0.263. The number of hydrogen-bond acceptors (Lipinski definition) is 1. The van der Waals surface area contributed by atoms with Crippen LogP contribution in [0.1, 0.15) is 11.4 Å². The van der Waals surface area contributed by atoms with E-state index in [-0.39, 0.29) is 5.69 Å². The van der Waals surface area contributed by atoms with Crippen LogP contribution in [0.25, 0.3) is 0 Å². The van der Waals surface area contributed by atoms with Crippen molar-refractivity contribution in [2.45, 2.75) is 13.1 Å². The molecule has 1 rings (SSSR count). The molecule has 0 unspecified atom stereocenters. The van der Waals surface area contributed by atoms with Crippen LogP contribution >= 0.6 is 11.8 Å². The van der Waals surface area contributed by atoms with Gasteiger partial charge in [0.1, 0.15) is 0 Å². The standard InChI is InChI=1S/C5H4ClF3N2/c1-3-2-4(5(7,8)9)10-11(3)6/h2H,1H3. The largest absolute Gasteiger partial charge is 0.435 e. The summed E-state index contributed by atoms with van der Waals surface area (Å²) in [6, 6.07) is 0.882. The summed E-state index contributed by atoms with van der Waals surface area (Å²) in [5, 5.41) is 3.04. The summed E-state index contributed by atoms with van der Waals surface area (Å²) in [6.07, 6.45) is -4.41. The zero-order valence-corrected chi connectivity index (χ0v) is 6.24. The van der Waals surface area contributed by atoms with Crippen molar-refractivity contribution in [2.24, 2.45) is 0 Å². The monoisotopic (exact) mass is 184 g/mol. The van der Waals surface area contributed by atoms with E-state index in [2.05, 4.69) is 5.10 Å². The van der Waals surface area contributed by atoms with Gasteiger partial charge in [-0.05, 0) is 13.0 Å². The number of alkyl halides is 3. The maximum absolute atomic E-state index is 11.8. The summed E-state index contributed by atoms with van der Waals surface area (Å²) >= 11 is 5.24. The summed E-state index contributed by atoms with van der Waals surface area (Å²) in [6.45, 7) is 1.44. The molecule has 2 nitrogen and oxygen atoms in total. The molecular weight excluding hydrogens is 181 g/mol. The molecule has 1 aromatic heterocycles. The Morgan fingerprint density at radius 1 is 1.55 bits per heavy atom. The van der Waals surface area contributed by atoms with Crippen LogP contribution in [0.15, 0.2) is 6.07 Å². The van der Waals surface area contributed by atoms with Crippen molar-refractivity contribution in [3.05, 3.63) is 17.5 Å². The molecule has 6 heteroatoms. The molecule has 1 heterocycles. The zero-order valence-electron chi connectivity index (χ0n) is 5.48. The smallest absolute Gasteiger partial charge is 0.177 e. The minimum Gasteiger partial charge on any atom is -0.177 e. The molecule has 1 aromatic rings. The number of nitrogens with zero attached hydrogens (tertiary/aromatic N) is 2. The van der Waals surface area contributed by atoms with E-state index in [1.165, 1.54) is 6.92 Å². The lowest BCUT2D eigenvalue weighted by Crippen LogP contribution is -2.05. The number of hydrogen-bond donors (Lipinski definition) is 0. The molecule has 0 amide bonds. The number of halogens is 4. The molecule has 0 saturated heterocycles. The van der Waals surface area contributed by atoms with Gasteiger partial charge in [-0.3, -0.25) is 0 Å². The lowest BCUT2D eigenvalue weighted by Gasteiger charge is -1.98. The van der Waals surface area contributed by atoms with E-state index in [1.807, 2.05) is 0 Å². The number of rotatable bonds is 0. The second-order valence-electron chi connectivity index (χ2n) is 2.03. The van der Waals surface area contributed by atoms with Gasteiger partial charge in [0, 0.05) is 11.8 Å². The van der Waals surface area contributed by atoms with Gasteiger partial charge in [0.15, 0.2) is 5.69 Å². The van der Waals surface area contributed by atoms with E-state index < -0.39 is 11.9 Å². The quantitative estimate of drug-likeness (QED) is 0.605. The first-order valence-electron chi connectivity index (χ1n) is 2.71. The van der Waals surface area contributed by atoms with E-state index in [1.54, 1.807) is 0 Å². The van der Waals surface area contributed by atoms with Gasteiger partial charge in [0.05, 0.1) is 5.69 Å². The maximum Gasteiger partial charge on any atom is 0.435 e. The fourth-order valence-corrected chi connectivity index (χ4v) is 0.722. The van der Waals surface area contributed by atoms with Gasteiger partial charge in [-0.1, -0.05) is 0 Å². The fraction of sp³-hybridized carbons (Fsp3) is 0.400. The lowest BCUT2D eigenvalue weighted by molar-refractivity contribution is -0.141. The number of aryl methyl sites for hydroxylation is 1. The van der Waals surface area contributed by atoms with E-state index >= 15 is 0 Å². The van der Waals surface area contributed by atoms with E-state index in [0.29, 0.717) is 4.20 Å². The van der Waals surface area contributed by atoms with Crippen molar-refractivity contribution in [1.29, 1.82) is 0 Å². The van der Waals surface area contributed by atoms with Crippen LogP contribution in [0.2, 0.25) is 0 Å². The topological polar surface area (TPSA) is 17.8 Å². The van der Waals surface area contributed by atoms with Crippen LogP contribution < -0.4 is 0 Å². The van der Waals surface area contributed by atoms with Crippen molar-refractivity contribution in [3.63, 3.8) is 0 Å². The van der Waals surface area contributed by atoms with E-state index in [0.717, 1.165) is 6.07 Å². The Bertz CT molecular complexity index is 246. The van der Waals surface area contributed by atoms with Gasteiger partial charge in [0.2, 0.25) is 0 Å². The molecule has 62 valence electrons. The third-order valence-corrected chi connectivity index (χ3v) is 1.46. The van der Waals surface area contributed by atoms with Gasteiger partial charge in [-0.15, -0.1) is 0 Å². The summed E-state index contributed by atoms with van der Waals surface area (Å²) in [5.41, 5.74) is -0.705. The molecule has 0 aliphatic carbocycles. The third-order valence-electron chi connectivity index (χ3n) is 1.12. The van der Waals surface area contributed by atoms with Crippen LogP contribution in [0.3, 0.4) is 0 Å². The minimum atomic E-state index is -4.41. The van der Waals surface area contributed by atoms with Gasteiger partial charge in [-0.2, -0.15) is 22.5 Å². The van der Waals surface area contributed by atoms with Crippen LogP contribution in [0, 0.1) is 6.92 Å². The van der Waals surface area contributed by atoms with Crippen molar-refractivity contribution >= 4 is 11.8 Å². The summed E-state index contributed by atoms with van der Waals surface area (Å²) in [7, 11) is 0. The second kappa shape index (κ2) is 2.41. The average molecular weight is 185 g/mol. The molecular formula is C5H4ClF3N2.